The van der Waals surface area contributed by atoms with Crippen LogP contribution in [0.5, 0.6) is 0 Å². The van der Waals surface area contributed by atoms with Crippen molar-refractivity contribution in [1.29, 1.82) is 0 Å². The van der Waals surface area contributed by atoms with Crippen LogP contribution in [0.25, 0.3) is 0 Å². The van der Waals surface area contributed by atoms with Gasteiger partial charge in [0.05, 0.1) is 5.69 Å². The molecule has 0 spiro atoms. The first-order valence-electron chi connectivity index (χ1n) is 6.74. The Kier molecular flexibility index (Phi) is 5.00. The van der Waals surface area contributed by atoms with Gasteiger partial charge in [0, 0.05) is 30.4 Å². The summed E-state index contributed by atoms with van der Waals surface area (Å²) in [5.41, 5.74) is 2.44. The van der Waals surface area contributed by atoms with Crippen LogP contribution in [0, 0.1) is 0 Å². The van der Waals surface area contributed by atoms with Gasteiger partial charge in [0.1, 0.15) is 0 Å². The van der Waals surface area contributed by atoms with Crippen LogP contribution >= 0.6 is 11.6 Å². The maximum absolute atomic E-state index is 6.05. The van der Waals surface area contributed by atoms with E-state index in [0.29, 0.717) is 6.04 Å². The number of benzene rings is 1. The summed E-state index contributed by atoms with van der Waals surface area (Å²) < 4.78 is 2.01. The van der Waals surface area contributed by atoms with Crippen LogP contribution in [0.3, 0.4) is 0 Å². The zero-order chi connectivity index (χ0) is 13.7. The fourth-order valence-electron chi connectivity index (χ4n) is 2.24. The first-order valence-corrected chi connectivity index (χ1v) is 7.12. The molecule has 1 aromatic heterocycles. The zero-order valence-electron chi connectivity index (χ0n) is 11.4. The molecule has 1 N–H and O–H groups in total. The van der Waals surface area contributed by atoms with Gasteiger partial charge in [0.15, 0.2) is 0 Å². The Bertz CT molecular complexity index is 522. The van der Waals surface area contributed by atoms with Crippen LogP contribution in [0.1, 0.15) is 37.6 Å². The summed E-state index contributed by atoms with van der Waals surface area (Å²) in [6.07, 6.45) is 2.88. The fourth-order valence-corrected chi connectivity index (χ4v) is 2.44. The molecular formula is C15H20ClN3. The normalized spacial score (nSPS) is 12.6. The molecule has 0 saturated carbocycles. The molecule has 1 atom stereocenters. The highest BCUT2D eigenvalue weighted by atomic mass is 35.5. The van der Waals surface area contributed by atoms with Crippen molar-refractivity contribution in [1.82, 2.24) is 15.1 Å². The minimum atomic E-state index is 0.318. The average Bonchev–Trinajstić information content (AvgIpc) is 2.87. The minimum Gasteiger partial charge on any atom is -0.304 e. The smallest absolute Gasteiger partial charge is 0.0522 e. The molecule has 0 radical (unpaired) electrons. The number of nitrogens with one attached hydrogen (secondary N) is 1. The molecule has 0 aliphatic heterocycles. The van der Waals surface area contributed by atoms with Gasteiger partial charge in [-0.1, -0.05) is 30.7 Å². The Balaban J connectivity index is 2.04. The van der Waals surface area contributed by atoms with E-state index in [9.17, 15) is 0 Å². The van der Waals surface area contributed by atoms with Crippen molar-refractivity contribution in [3.8, 4) is 0 Å². The Hall–Kier alpha value is -1.32. The third-order valence-electron chi connectivity index (χ3n) is 3.29. The quantitative estimate of drug-likeness (QED) is 0.870. The predicted molar refractivity (Wildman–Crippen MR) is 79.2 cm³/mol. The standard InChI is InChI=1S/C15H20ClN3/c1-3-15(12-6-5-7-13(16)10-12)17-11-14-8-9-18-19(14)4-2/h5-10,15,17H,3-4,11H2,1-2H3. The second kappa shape index (κ2) is 6.73. The predicted octanol–water partition coefficient (Wildman–Crippen LogP) is 3.80. The van der Waals surface area contributed by atoms with Crippen molar-refractivity contribution in [3.05, 3.63) is 52.8 Å². The summed E-state index contributed by atoms with van der Waals surface area (Å²) in [4.78, 5) is 0. The summed E-state index contributed by atoms with van der Waals surface area (Å²) in [5.74, 6) is 0. The van der Waals surface area contributed by atoms with E-state index in [-0.39, 0.29) is 0 Å². The Morgan fingerprint density at radius 2 is 2.16 bits per heavy atom. The Labute approximate surface area is 119 Å². The van der Waals surface area contributed by atoms with Crippen LogP contribution in [0.4, 0.5) is 0 Å². The molecule has 0 aliphatic rings. The van der Waals surface area contributed by atoms with E-state index in [2.05, 4.69) is 36.4 Å². The van der Waals surface area contributed by atoms with Crippen molar-refractivity contribution in [2.24, 2.45) is 0 Å². The lowest BCUT2D eigenvalue weighted by Gasteiger charge is -2.18. The molecule has 0 aliphatic carbocycles. The summed E-state index contributed by atoms with van der Waals surface area (Å²) in [6, 6.07) is 10.4. The van der Waals surface area contributed by atoms with Gasteiger partial charge in [-0.3, -0.25) is 4.68 Å². The van der Waals surface area contributed by atoms with Crippen LogP contribution in [0.15, 0.2) is 36.5 Å². The van der Waals surface area contributed by atoms with Gasteiger partial charge in [-0.05, 0) is 37.1 Å². The van der Waals surface area contributed by atoms with Gasteiger partial charge in [0.2, 0.25) is 0 Å². The van der Waals surface area contributed by atoms with E-state index in [1.807, 2.05) is 29.1 Å². The molecule has 4 heteroatoms. The number of hydrogen-bond acceptors (Lipinski definition) is 2. The van der Waals surface area contributed by atoms with Gasteiger partial charge >= 0.3 is 0 Å². The number of halogens is 1. The largest absolute Gasteiger partial charge is 0.304 e. The van der Waals surface area contributed by atoms with Gasteiger partial charge < -0.3 is 5.32 Å². The van der Waals surface area contributed by atoms with Crippen LogP contribution in [-0.2, 0) is 13.1 Å². The molecular weight excluding hydrogens is 258 g/mol. The SMILES string of the molecule is CCC(NCc1ccnn1CC)c1cccc(Cl)c1. The highest BCUT2D eigenvalue weighted by Crippen LogP contribution is 2.20. The number of nitrogens with zero attached hydrogens (tertiary/aromatic N) is 2. The van der Waals surface area contributed by atoms with Crippen molar-refractivity contribution in [2.45, 2.75) is 39.4 Å². The minimum absolute atomic E-state index is 0.318. The Morgan fingerprint density at radius 1 is 1.32 bits per heavy atom. The zero-order valence-corrected chi connectivity index (χ0v) is 12.2. The molecule has 1 heterocycles. The van der Waals surface area contributed by atoms with Gasteiger partial charge in [-0.15, -0.1) is 0 Å². The number of aryl methyl sites for hydroxylation is 1. The molecule has 1 aromatic carbocycles. The maximum atomic E-state index is 6.05. The highest BCUT2D eigenvalue weighted by molar-refractivity contribution is 6.30. The Morgan fingerprint density at radius 3 is 2.84 bits per heavy atom. The van der Waals surface area contributed by atoms with E-state index < -0.39 is 0 Å². The van der Waals surface area contributed by atoms with Crippen molar-refractivity contribution >= 4 is 11.6 Å². The number of rotatable bonds is 6. The average molecular weight is 278 g/mol. The lowest BCUT2D eigenvalue weighted by molar-refractivity contribution is 0.494. The second-order valence-electron chi connectivity index (χ2n) is 4.54. The van der Waals surface area contributed by atoms with E-state index in [1.165, 1.54) is 11.3 Å². The summed E-state index contributed by atoms with van der Waals surface area (Å²) >= 11 is 6.05. The summed E-state index contributed by atoms with van der Waals surface area (Å²) in [5, 5.41) is 8.64. The first-order chi connectivity index (χ1) is 9.24. The van der Waals surface area contributed by atoms with Crippen LogP contribution in [0.2, 0.25) is 5.02 Å². The molecule has 0 saturated heterocycles. The first kappa shape index (κ1) is 14.1. The molecule has 0 amide bonds. The molecule has 0 bridgehead atoms. The number of hydrogen-bond donors (Lipinski definition) is 1. The fraction of sp³-hybridized carbons (Fsp3) is 0.400. The molecule has 1 unspecified atom stereocenters. The lowest BCUT2D eigenvalue weighted by atomic mass is 10.0. The van der Waals surface area contributed by atoms with Gasteiger partial charge in [-0.25, -0.2) is 0 Å². The molecule has 2 aromatic rings. The monoisotopic (exact) mass is 277 g/mol. The van der Waals surface area contributed by atoms with E-state index in [4.69, 9.17) is 11.6 Å². The van der Waals surface area contributed by atoms with Crippen LogP contribution < -0.4 is 5.32 Å². The van der Waals surface area contributed by atoms with E-state index in [1.54, 1.807) is 0 Å². The lowest BCUT2D eigenvalue weighted by Crippen LogP contribution is -2.22. The summed E-state index contributed by atoms with van der Waals surface area (Å²) in [7, 11) is 0. The highest BCUT2D eigenvalue weighted by Gasteiger charge is 2.10. The van der Waals surface area contributed by atoms with Crippen LogP contribution in [-0.4, -0.2) is 9.78 Å². The number of aromatic nitrogens is 2. The van der Waals surface area contributed by atoms with Gasteiger partial charge in [-0.2, -0.15) is 5.10 Å². The third kappa shape index (κ3) is 3.58. The molecule has 0 fully saturated rings. The molecule has 2 rings (SSSR count). The second-order valence-corrected chi connectivity index (χ2v) is 4.97. The summed E-state index contributed by atoms with van der Waals surface area (Å²) in [6.45, 7) is 6.00. The van der Waals surface area contributed by atoms with E-state index in [0.717, 1.165) is 24.5 Å². The van der Waals surface area contributed by atoms with Crippen molar-refractivity contribution < 1.29 is 0 Å². The van der Waals surface area contributed by atoms with Gasteiger partial charge in [0.25, 0.3) is 0 Å². The van der Waals surface area contributed by atoms with Crippen molar-refractivity contribution in [2.75, 3.05) is 0 Å². The van der Waals surface area contributed by atoms with E-state index >= 15 is 0 Å². The van der Waals surface area contributed by atoms with Crippen molar-refractivity contribution in [3.63, 3.8) is 0 Å². The molecule has 19 heavy (non-hydrogen) atoms. The maximum Gasteiger partial charge on any atom is 0.0522 e. The molecule has 102 valence electrons. The topological polar surface area (TPSA) is 29.9 Å². The molecule has 3 nitrogen and oxygen atoms in total. The third-order valence-corrected chi connectivity index (χ3v) is 3.53.